The fraction of sp³-hybridized carbons (Fsp3) is 0.429. The highest BCUT2D eigenvalue weighted by molar-refractivity contribution is 5.89. The Labute approximate surface area is 117 Å². The first-order chi connectivity index (χ1) is 9.54. The molecule has 6 heteroatoms. The molecule has 0 aromatic heterocycles. The number of anilines is 1. The minimum absolute atomic E-state index is 0.135. The molecule has 1 atom stereocenters. The summed E-state index contributed by atoms with van der Waals surface area (Å²) in [6.45, 7) is 3.25. The second kappa shape index (κ2) is 6.27. The van der Waals surface area contributed by atoms with Gasteiger partial charge < -0.3 is 20.1 Å². The molecule has 1 aliphatic rings. The van der Waals surface area contributed by atoms with Crippen molar-refractivity contribution in [2.24, 2.45) is 5.92 Å². The lowest BCUT2D eigenvalue weighted by molar-refractivity contribution is -0.139. The number of urea groups is 1. The Kier molecular flexibility index (Phi) is 4.45. The summed E-state index contributed by atoms with van der Waals surface area (Å²) in [5.41, 5.74) is 0.595. The molecule has 2 N–H and O–H groups in total. The van der Waals surface area contributed by atoms with Crippen molar-refractivity contribution < 1.29 is 19.4 Å². The van der Waals surface area contributed by atoms with Gasteiger partial charge in [0.05, 0.1) is 0 Å². The van der Waals surface area contributed by atoms with Crippen LogP contribution in [-0.4, -0.2) is 41.7 Å². The van der Waals surface area contributed by atoms with Gasteiger partial charge in [-0.15, -0.1) is 0 Å². The highest BCUT2D eigenvalue weighted by Gasteiger charge is 2.23. The molecule has 0 aliphatic carbocycles. The van der Waals surface area contributed by atoms with E-state index in [1.54, 1.807) is 29.2 Å². The molecule has 0 radical (unpaired) electrons. The van der Waals surface area contributed by atoms with Gasteiger partial charge in [-0.1, -0.05) is 13.0 Å². The lowest BCUT2D eigenvalue weighted by atomic mass is 10.2. The summed E-state index contributed by atoms with van der Waals surface area (Å²) >= 11 is 0. The van der Waals surface area contributed by atoms with Crippen LogP contribution in [0.15, 0.2) is 24.3 Å². The molecular formula is C14H18N2O4. The van der Waals surface area contributed by atoms with Crippen molar-refractivity contribution in [2.45, 2.75) is 13.3 Å². The second-order valence-electron chi connectivity index (χ2n) is 4.98. The van der Waals surface area contributed by atoms with Crippen LogP contribution in [-0.2, 0) is 4.79 Å². The van der Waals surface area contributed by atoms with Crippen LogP contribution in [0.4, 0.5) is 10.5 Å². The summed E-state index contributed by atoms with van der Waals surface area (Å²) in [4.78, 5) is 24.2. The molecule has 20 heavy (non-hydrogen) atoms. The Morgan fingerprint density at radius 1 is 1.50 bits per heavy atom. The van der Waals surface area contributed by atoms with Crippen LogP contribution in [0.3, 0.4) is 0 Å². The van der Waals surface area contributed by atoms with Gasteiger partial charge in [0.15, 0.2) is 6.61 Å². The topological polar surface area (TPSA) is 78.9 Å². The van der Waals surface area contributed by atoms with E-state index in [0.717, 1.165) is 19.5 Å². The molecule has 0 saturated carbocycles. The number of ether oxygens (including phenoxy) is 1. The molecule has 6 nitrogen and oxygen atoms in total. The summed E-state index contributed by atoms with van der Waals surface area (Å²) in [6, 6.07) is 6.58. The number of rotatable bonds is 4. The van der Waals surface area contributed by atoms with E-state index in [4.69, 9.17) is 9.84 Å². The lowest BCUT2D eigenvalue weighted by Gasteiger charge is -2.17. The Hall–Kier alpha value is -2.24. The number of hydrogen-bond donors (Lipinski definition) is 2. The van der Waals surface area contributed by atoms with Crippen LogP contribution >= 0.6 is 0 Å². The Morgan fingerprint density at radius 2 is 2.30 bits per heavy atom. The summed E-state index contributed by atoms with van der Waals surface area (Å²) in [6.07, 6.45) is 1.02. The van der Waals surface area contributed by atoms with E-state index >= 15 is 0 Å². The third-order valence-corrected chi connectivity index (χ3v) is 3.16. The lowest BCUT2D eigenvalue weighted by Crippen LogP contribution is -2.32. The van der Waals surface area contributed by atoms with Crippen molar-refractivity contribution in [2.75, 3.05) is 25.0 Å². The zero-order valence-electron chi connectivity index (χ0n) is 11.3. The third kappa shape index (κ3) is 3.88. The largest absolute Gasteiger partial charge is 0.482 e. The Morgan fingerprint density at radius 3 is 2.95 bits per heavy atom. The standard InChI is InChI=1S/C14H18N2O4/c1-10-5-6-16(8-10)14(19)15-11-3-2-4-12(7-11)20-9-13(17)18/h2-4,7,10H,5-6,8-9H2,1H3,(H,15,19)(H,17,18). The van der Waals surface area contributed by atoms with Crippen LogP contribution in [0.1, 0.15) is 13.3 Å². The minimum atomic E-state index is -1.04. The maximum Gasteiger partial charge on any atom is 0.341 e. The average Bonchev–Trinajstić information content (AvgIpc) is 2.84. The maximum atomic E-state index is 12.0. The van der Waals surface area contributed by atoms with Crippen LogP contribution in [0.25, 0.3) is 0 Å². The highest BCUT2D eigenvalue weighted by Crippen LogP contribution is 2.20. The molecule has 108 valence electrons. The number of nitrogens with one attached hydrogen (secondary N) is 1. The average molecular weight is 278 g/mol. The molecule has 2 rings (SSSR count). The number of carbonyl (C=O) groups is 2. The predicted octanol–water partition coefficient (Wildman–Crippen LogP) is 2.02. The first-order valence-corrected chi connectivity index (χ1v) is 6.55. The molecule has 2 amide bonds. The van der Waals surface area contributed by atoms with Gasteiger partial charge in [0.25, 0.3) is 0 Å². The van der Waals surface area contributed by atoms with Crippen LogP contribution in [0.5, 0.6) is 5.75 Å². The summed E-state index contributed by atoms with van der Waals surface area (Å²) in [7, 11) is 0. The Balaban J connectivity index is 1.93. The molecular weight excluding hydrogens is 260 g/mol. The smallest absolute Gasteiger partial charge is 0.341 e. The van der Waals surface area contributed by atoms with E-state index < -0.39 is 12.6 Å². The van der Waals surface area contributed by atoms with E-state index in [1.165, 1.54) is 0 Å². The van der Waals surface area contributed by atoms with Gasteiger partial charge in [-0.2, -0.15) is 0 Å². The quantitative estimate of drug-likeness (QED) is 0.883. The van der Waals surface area contributed by atoms with Crippen LogP contribution in [0, 0.1) is 5.92 Å². The molecule has 1 saturated heterocycles. The van der Waals surface area contributed by atoms with Gasteiger partial charge in [0.2, 0.25) is 0 Å². The third-order valence-electron chi connectivity index (χ3n) is 3.16. The van der Waals surface area contributed by atoms with Gasteiger partial charge in [0.1, 0.15) is 5.75 Å². The normalized spacial score (nSPS) is 17.9. The van der Waals surface area contributed by atoms with Gasteiger partial charge in [0, 0.05) is 24.8 Å². The van der Waals surface area contributed by atoms with E-state index in [0.29, 0.717) is 17.4 Å². The SMILES string of the molecule is CC1CCN(C(=O)Nc2cccc(OCC(=O)O)c2)C1. The highest BCUT2D eigenvalue weighted by atomic mass is 16.5. The van der Waals surface area contributed by atoms with Crippen molar-refractivity contribution in [1.82, 2.24) is 4.90 Å². The molecule has 0 bridgehead atoms. The summed E-state index contributed by atoms with van der Waals surface area (Å²) < 4.78 is 5.07. The van der Waals surface area contributed by atoms with Gasteiger partial charge in [-0.05, 0) is 24.5 Å². The number of carboxylic acid groups (broad SMARTS) is 1. The number of aliphatic carboxylic acids is 1. The zero-order chi connectivity index (χ0) is 14.5. The van der Waals surface area contributed by atoms with Crippen LogP contribution in [0.2, 0.25) is 0 Å². The van der Waals surface area contributed by atoms with Gasteiger partial charge >= 0.3 is 12.0 Å². The molecule has 1 fully saturated rings. The molecule has 1 aromatic rings. The molecule has 1 aliphatic heterocycles. The number of carboxylic acids is 1. The zero-order valence-corrected chi connectivity index (χ0v) is 11.3. The minimum Gasteiger partial charge on any atom is -0.482 e. The fourth-order valence-electron chi connectivity index (χ4n) is 2.13. The fourth-order valence-corrected chi connectivity index (χ4v) is 2.13. The Bertz CT molecular complexity index is 504. The maximum absolute atomic E-state index is 12.0. The number of likely N-dealkylation sites (tertiary alicyclic amines) is 1. The second-order valence-corrected chi connectivity index (χ2v) is 4.98. The van der Waals surface area contributed by atoms with Crippen molar-refractivity contribution in [3.8, 4) is 5.75 Å². The predicted molar refractivity (Wildman–Crippen MR) is 73.9 cm³/mol. The molecule has 1 heterocycles. The first kappa shape index (κ1) is 14.2. The van der Waals surface area contributed by atoms with E-state index in [9.17, 15) is 9.59 Å². The van der Waals surface area contributed by atoms with Crippen molar-refractivity contribution in [3.05, 3.63) is 24.3 Å². The molecule has 1 aromatic carbocycles. The number of benzene rings is 1. The van der Waals surface area contributed by atoms with Crippen molar-refractivity contribution in [1.29, 1.82) is 0 Å². The van der Waals surface area contributed by atoms with E-state index in [2.05, 4.69) is 12.2 Å². The number of nitrogens with zero attached hydrogens (tertiary/aromatic N) is 1. The number of amides is 2. The summed E-state index contributed by atoms with van der Waals surface area (Å²) in [5, 5.41) is 11.3. The monoisotopic (exact) mass is 278 g/mol. The molecule has 1 unspecified atom stereocenters. The summed E-state index contributed by atoms with van der Waals surface area (Å²) in [5.74, 6) is -0.0866. The van der Waals surface area contributed by atoms with E-state index in [-0.39, 0.29) is 6.03 Å². The molecule has 0 spiro atoms. The number of carbonyl (C=O) groups excluding carboxylic acids is 1. The van der Waals surface area contributed by atoms with Crippen LogP contribution < -0.4 is 10.1 Å². The van der Waals surface area contributed by atoms with Gasteiger partial charge in [-0.25, -0.2) is 9.59 Å². The van der Waals surface area contributed by atoms with E-state index in [1.807, 2.05) is 0 Å². The first-order valence-electron chi connectivity index (χ1n) is 6.55. The number of hydrogen-bond acceptors (Lipinski definition) is 3. The van der Waals surface area contributed by atoms with Crippen molar-refractivity contribution >= 4 is 17.7 Å². The van der Waals surface area contributed by atoms with Crippen molar-refractivity contribution in [3.63, 3.8) is 0 Å². The van der Waals surface area contributed by atoms with Gasteiger partial charge in [-0.3, -0.25) is 0 Å².